The van der Waals surface area contributed by atoms with E-state index in [1.54, 1.807) is 25.8 Å². The molecule has 76 valence electrons. The van der Waals surface area contributed by atoms with Gasteiger partial charge in [-0.1, -0.05) is 5.92 Å². The number of carbonyl (C=O) groups is 1. The SMILES string of the molecule is C#CCNC(=O)C(C)N(C)C(C)C#N. The predicted octanol–water partition coefficient (Wildman–Crippen LogP) is -0.0318. The molecule has 0 aromatic rings. The van der Waals surface area contributed by atoms with Crippen LogP contribution in [0.4, 0.5) is 0 Å². The minimum absolute atomic E-state index is 0.160. The molecule has 0 aliphatic rings. The zero-order valence-electron chi connectivity index (χ0n) is 8.74. The molecule has 0 aliphatic carbocycles. The molecule has 0 saturated heterocycles. The Morgan fingerprint density at radius 3 is 2.64 bits per heavy atom. The van der Waals surface area contributed by atoms with Crippen LogP contribution in [-0.2, 0) is 4.79 Å². The highest BCUT2D eigenvalue weighted by Gasteiger charge is 2.21. The number of nitriles is 1. The van der Waals surface area contributed by atoms with Gasteiger partial charge in [0.15, 0.2) is 0 Å². The van der Waals surface area contributed by atoms with Crippen LogP contribution in [-0.4, -0.2) is 36.5 Å². The highest BCUT2D eigenvalue weighted by Crippen LogP contribution is 2.01. The van der Waals surface area contributed by atoms with E-state index >= 15 is 0 Å². The van der Waals surface area contributed by atoms with Gasteiger partial charge in [0.05, 0.1) is 24.7 Å². The van der Waals surface area contributed by atoms with Crippen molar-refractivity contribution in [3.63, 3.8) is 0 Å². The van der Waals surface area contributed by atoms with Crippen LogP contribution in [0.25, 0.3) is 0 Å². The van der Waals surface area contributed by atoms with Gasteiger partial charge >= 0.3 is 0 Å². The monoisotopic (exact) mass is 193 g/mol. The molecule has 2 unspecified atom stereocenters. The number of carbonyl (C=O) groups excluding carboxylic acids is 1. The molecular formula is C10H15N3O. The molecule has 0 fully saturated rings. The first-order valence-electron chi connectivity index (χ1n) is 4.37. The number of hydrogen-bond acceptors (Lipinski definition) is 3. The molecule has 1 N–H and O–H groups in total. The first kappa shape index (κ1) is 12.5. The van der Waals surface area contributed by atoms with Crippen molar-refractivity contribution in [1.82, 2.24) is 10.2 Å². The number of nitrogens with zero attached hydrogens (tertiary/aromatic N) is 2. The lowest BCUT2D eigenvalue weighted by molar-refractivity contribution is -0.125. The minimum Gasteiger partial charge on any atom is -0.344 e. The molecule has 0 saturated carbocycles. The Kier molecular flexibility index (Phi) is 5.36. The average Bonchev–Trinajstić information content (AvgIpc) is 2.22. The molecule has 0 radical (unpaired) electrons. The Bertz CT molecular complexity index is 274. The summed E-state index contributed by atoms with van der Waals surface area (Å²) in [6, 6.07) is 1.42. The summed E-state index contributed by atoms with van der Waals surface area (Å²) < 4.78 is 0. The Hall–Kier alpha value is -1.52. The molecule has 0 spiro atoms. The van der Waals surface area contributed by atoms with E-state index in [9.17, 15) is 4.79 Å². The van der Waals surface area contributed by atoms with Crippen LogP contribution >= 0.6 is 0 Å². The van der Waals surface area contributed by atoms with Gasteiger partial charge < -0.3 is 5.32 Å². The van der Waals surface area contributed by atoms with Gasteiger partial charge in [0.2, 0.25) is 5.91 Å². The Balaban J connectivity index is 4.19. The highest BCUT2D eigenvalue weighted by molar-refractivity contribution is 5.81. The van der Waals surface area contributed by atoms with Crippen molar-refractivity contribution in [3.05, 3.63) is 0 Å². The van der Waals surface area contributed by atoms with Gasteiger partial charge in [-0.15, -0.1) is 6.42 Å². The summed E-state index contributed by atoms with van der Waals surface area (Å²) in [4.78, 5) is 13.1. The van der Waals surface area contributed by atoms with Crippen LogP contribution < -0.4 is 5.32 Å². The molecule has 0 aromatic heterocycles. The fourth-order valence-electron chi connectivity index (χ4n) is 0.897. The maximum absolute atomic E-state index is 11.4. The number of hydrogen-bond donors (Lipinski definition) is 1. The molecular weight excluding hydrogens is 178 g/mol. The molecule has 0 aromatic carbocycles. The second-order valence-electron chi connectivity index (χ2n) is 3.07. The minimum atomic E-state index is -0.349. The lowest BCUT2D eigenvalue weighted by Gasteiger charge is -2.25. The van der Waals surface area contributed by atoms with E-state index in [4.69, 9.17) is 11.7 Å². The summed E-state index contributed by atoms with van der Waals surface area (Å²) >= 11 is 0. The number of likely N-dealkylation sites (N-methyl/N-ethyl adjacent to an activating group) is 1. The van der Waals surface area contributed by atoms with Gasteiger partial charge in [-0.2, -0.15) is 5.26 Å². The first-order valence-corrected chi connectivity index (χ1v) is 4.37. The second kappa shape index (κ2) is 6.01. The highest BCUT2D eigenvalue weighted by atomic mass is 16.2. The van der Waals surface area contributed by atoms with Gasteiger partial charge in [-0.3, -0.25) is 9.69 Å². The fraction of sp³-hybridized carbons (Fsp3) is 0.600. The molecule has 1 amide bonds. The van der Waals surface area contributed by atoms with Crippen molar-refractivity contribution in [2.75, 3.05) is 13.6 Å². The molecule has 0 heterocycles. The van der Waals surface area contributed by atoms with E-state index in [0.717, 1.165) is 0 Å². The first-order chi connectivity index (χ1) is 6.54. The Labute approximate surface area is 84.9 Å². The maximum Gasteiger partial charge on any atom is 0.237 e. The molecule has 0 rings (SSSR count). The van der Waals surface area contributed by atoms with Crippen molar-refractivity contribution in [1.29, 1.82) is 5.26 Å². The van der Waals surface area contributed by atoms with Gasteiger partial charge in [-0.05, 0) is 20.9 Å². The predicted molar refractivity (Wildman–Crippen MR) is 54.1 cm³/mol. The summed E-state index contributed by atoms with van der Waals surface area (Å²) in [5, 5.41) is 11.2. The van der Waals surface area contributed by atoms with E-state index in [-0.39, 0.29) is 24.5 Å². The number of rotatable bonds is 4. The van der Waals surface area contributed by atoms with Crippen molar-refractivity contribution >= 4 is 5.91 Å². The normalized spacial score (nSPS) is 13.9. The standard InChI is InChI=1S/C10H15N3O/c1-5-6-12-10(14)9(3)13(4)8(2)7-11/h1,8-9H,6H2,2-4H3,(H,12,14). The Morgan fingerprint density at radius 2 is 2.21 bits per heavy atom. The van der Waals surface area contributed by atoms with Crippen molar-refractivity contribution < 1.29 is 4.79 Å². The van der Waals surface area contributed by atoms with Crippen LogP contribution in [0.5, 0.6) is 0 Å². The molecule has 0 aliphatic heterocycles. The smallest absolute Gasteiger partial charge is 0.237 e. The number of nitrogens with one attached hydrogen (secondary N) is 1. The third-order valence-corrected chi connectivity index (χ3v) is 2.15. The summed E-state index contributed by atoms with van der Waals surface area (Å²) in [6.07, 6.45) is 5.01. The van der Waals surface area contributed by atoms with E-state index in [1.165, 1.54) is 0 Å². The van der Waals surface area contributed by atoms with Crippen molar-refractivity contribution in [2.24, 2.45) is 0 Å². The van der Waals surface area contributed by atoms with Crippen LogP contribution in [0.1, 0.15) is 13.8 Å². The molecule has 0 bridgehead atoms. The fourth-order valence-corrected chi connectivity index (χ4v) is 0.897. The molecule has 2 atom stereocenters. The summed E-state index contributed by atoms with van der Waals surface area (Å²) in [5.74, 6) is 2.16. The van der Waals surface area contributed by atoms with Gasteiger partial charge in [0.1, 0.15) is 0 Å². The van der Waals surface area contributed by atoms with Crippen molar-refractivity contribution in [2.45, 2.75) is 25.9 Å². The Morgan fingerprint density at radius 1 is 1.64 bits per heavy atom. The molecule has 4 nitrogen and oxygen atoms in total. The maximum atomic E-state index is 11.4. The van der Waals surface area contributed by atoms with Crippen LogP contribution in [0.15, 0.2) is 0 Å². The van der Waals surface area contributed by atoms with Crippen LogP contribution in [0, 0.1) is 23.7 Å². The van der Waals surface area contributed by atoms with Crippen LogP contribution in [0.3, 0.4) is 0 Å². The lowest BCUT2D eigenvalue weighted by Crippen LogP contribution is -2.46. The summed E-state index contributed by atoms with van der Waals surface area (Å²) in [7, 11) is 1.73. The zero-order valence-corrected chi connectivity index (χ0v) is 8.74. The second-order valence-corrected chi connectivity index (χ2v) is 3.07. The van der Waals surface area contributed by atoms with Crippen LogP contribution in [0.2, 0.25) is 0 Å². The average molecular weight is 193 g/mol. The third-order valence-electron chi connectivity index (χ3n) is 2.15. The summed E-state index contributed by atoms with van der Waals surface area (Å²) in [5.41, 5.74) is 0. The quantitative estimate of drug-likeness (QED) is 0.638. The van der Waals surface area contributed by atoms with E-state index in [1.807, 2.05) is 0 Å². The number of terminal acetylenes is 1. The van der Waals surface area contributed by atoms with Gasteiger partial charge in [0.25, 0.3) is 0 Å². The third kappa shape index (κ3) is 3.47. The molecule has 4 heteroatoms. The van der Waals surface area contributed by atoms with Gasteiger partial charge in [0, 0.05) is 0 Å². The lowest BCUT2D eigenvalue weighted by atomic mass is 10.2. The largest absolute Gasteiger partial charge is 0.344 e. The molecule has 14 heavy (non-hydrogen) atoms. The topological polar surface area (TPSA) is 56.1 Å². The zero-order chi connectivity index (χ0) is 11.1. The summed E-state index contributed by atoms with van der Waals surface area (Å²) in [6.45, 7) is 3.70. The van der Waals surface area contributed by atoms with E-state index < -0.39 is 0 Å². The van der Waals surface area contributed by atoms with E-state index in [0.29, 0.717) is 0 Å². The van der Waals surface area contributed by atoms with Crippen molar-refractivity contribution in [3.8, 4) is 18.4 Å². The number of amides is 1. The van der Waals surface area contributed by atoms with E-state index in [2.05, 4.69) is 17.3 Å². The van der Waals surface area contributed by atoms with Gasteiger partial charge in [-0.25, -0.2) is 0 Å².